The van der Waals surface area contributed by atoms with Crippen LogP contribution in [-0.4, -0.2) is 4.98 Å². The van der Waals surface area contributed by atoms with Crippen LogP contribution in [0.1, 0.15) is 25.1 Å². The molecule has 0 spiro atoms. The predicted octanol–water partition coefficient (Wildman–Crippen LogP) is 3.79. The van der Waals surface area contributed by atoms with E-state index < -0.39 is 0 Å². The van der Waals surface area contributed by atoms with E-state index in [4.69, 9.17) is 10.8 Å². The van der Waals surface area contributed by atoms with Gasteiger partial charge < -0.3 is 5.43 Å². The van der Waals surface area contributed by atoms with Crippen molar-refractivity contribution in [3.8, 4) is 0 Å². The molecule has 0 amide bonds. The predicted molar refractivity (Wildman–Crippen MR) is 80.5 cm³/mol. The molecule has 0 aliphatic rings. The molecule has 1 heterocycles. The smallest absolute Gasteiger partial charge is 0.0767 e. The molecule has 3 N–H and O–H groups in total. The van der Waals surface area contributed by atoms with Gasteiger partial charge in [-0.05, 0) is 37.0 Å². The van der Waals surface area contributed by atoms with Gasteiger partial charge in [-0.15, -0.1) is 0 Å². The molecule has 0 fully saturated rings. The molecule has 0 atom stereocenters. The molecule has 4 heteroatoms. The molecule has 0 bridgehead atoms. The molecule has 96 valence electrons. The number of nitrogens with zero attached hydrogens (tertiary/aromatic N) is 1. The van der Waals surface area contributed by atoms with Gasteiger partial charge >= 0.3 is 0 Å². The number of aromatic nitrogens is 1. The third kappa shape index (κ3) is 2.49. The first-order chi connectivity index (χ1) is 8.52. The van der Waals surface area contributed by atoms with Crippen LogP contribution < -0.4 is 11.3 Å². The van der Waals surface area contributed by atoms with E-state index in [1.165, 1.54) is 0 Å². The zero-order valence-electron chi connectivity index (χ0n) is 10.9. The summed E-state index contributed by atoms with van der Waals surface area (Å²) in [7, 11) is 0. The number of nitrogens with two attached hydrogens (primary N) is 1. The second kappa shape index (κ2) is 5.24. The Hall–Kier alpha value is -1.13. The summed E-state index contributed by atoms with van der Waals surface area (Å²) in [6.07, 6.45) is 0.955. The van der Waals surface area contributed by atoms with Gasteiger partial charge in [0.1, 0.15) is 0 Å². The van der Waals surface area contributed by atoms with Crippen molar-refractivity contribution in [1.82, 2.24) is 4.98 Å². The van der Waals surface area contributed by atoms with Gasteiger partial charge in [-0.2, -0.15) is 0 Å². The summed E-state index contributed by atoms with van der Waals surface area (Å²) in [4.78, 5) is 4.76. The van der Waals surface area contributed by atoms with Gasteiger partial charge in [-0.25, -0.2) is 0 Å². The van der Waals surface area contributed by atoms with Crippen LogP contribution in [0.4, 0.5) is 5.69 Å². The maximum absolute atomic E-state index is 5.64. The van der Waals surface area contributed by atoms with E-state index in [1.807, 2.05) is 12.1 Å². The summed E-state index contributed by atoms with van der Waals surface area (Å²) in [6, 6.07) is 6.13. The Kier molecular flexibility index (Phi) is 3.88. The van der Waals surface area contributed by atoms with Crippen LogP contribution in [0.5, 0.6) is 0 Å². The number of fused-ring (bicyclic) bond motifs is 1. The molecule has 0 radical (unpaired) electrons. The van der Waals surface area contributed by atoms with Gasteiger partial charge in [0.05, 0.1) is 11.2 Å². The van der Waals surface area contributed by atoms with Crippen molar-refractivity contribution in [2.24, 2.45) is 11.8 Å². The van der Waals surface area contributed by atoms with Crippen molar-refractivity contribution in [2.45, 2.75) is 27.2 Å². The number of pyridine rings is 1. The Bertz CT molecular complexity index is 579. The van der Waals surface area contributed by atoms with E-state index in [2.05, 4.69) is 48.2 Å². The summed E-state index contributed by atoms with van der Waals surface area (Å²) in [5.41, 5.74) is 6.95. The summed E-state index contributed by atoms with van der Waals surface area (Å²) in [5.74, 6) is 6.21. The molecule has 1 aromatic carbocycles. The van der Waals surface area contributed by atoms with E-state index in [0.717, 1.165) is 38.7 Å². The van der Waals surface area contributed by atoms with Crippen LogP contribution in [0.3, 0.4) is 0 Å². The highest BCUT2D eigenvalue weighted by atomic mass is 79.9. The van der Waals surface area contributed by atoms with Crippen LogP contribution >= 0.6 is 15.9 Å². The van der Waals surface area contributed by atoms with Gasteiger partial charge in [0, 0.05) is 15.6 Å². The van der Waals surface area contributed by atoms with Crippen molar-refractivity contribution in [3.05, 3.63) is 33.9 Å². The van der Waals surface area contributed by atoms with E-state index >= 15 is 0 Å². The average Bonchev–Trinajstić information content (AvgIpc) is 2.32. The van der Waals surface area contributed by atoms with Crippen LogP contribution in [0, 0.1) is 12.8 Å². The highest BCUT2D eigenvalue weighted by molar-refractivity contribution is 9.10. The Labute approximate surface area is 116 Å². The van der Waals surface area contributed by atoms with Crippen LogP contribution in [0.25, 0.3) is 10.9 Å². The lowest BCUT2D eigenvalue weighted by atomic mass is 10.0. The molecule has 0 saturated heterocycles. The monoisotopic (exact) mass is 307 g/mol. The number of hydrazine groups is 1. The third-order valence-corrected chi connectivity index (χ3v) is 3.60. The molecule has 0 unspecified atom stereocenters. The lowest BCUT2D eigenvalue weighted by molar-refractivity contribution is 0.637. The van der Waals surface area contributed by atoms with Crippen LogP contribution in [-0.2, 0) is 6.42 Å². The van der Waals surface area contributed by atoms with Crippen molar-refractivity contribution in [2.75, 3.05) is 5.43 Å². The zero-order chi connectivity index (χ0) is 13.3. The first-order valence-electron chi connectivity index (χ1n) is 6.08. The average molecular weight is 308 g/mol. The molecule has 18 heavy (non-hydrogen) atoms. The maximum atomic E-state index is 5.64. The van der Waals surface area contributed by atoms with E-state index in [-0.39, 0.29) is 0 Å². The minimum absolute atomic E-state index is 0.577. The van der Waals surface area contributed by atoms with Gasteiger partial charge in [0.15, 0.2) is 0 Å². The number of aryl methyl sites for hydroxylation is 1. The molecule has 3 nitrogen and oxygen atoms in total. The highest BCUT2D eigenvalue weighted by Crippen LogP contribution is 2.32. The lowest BCUT2D eigenvalue weighted by Gasteiger charge is -2.13. The Balaban J connectivity index is 2.71. The van der Waals surface area contributed by atoms with Crippen molar-refractivity contribution in [3.63, 3.8) is 0 Å². The Morgan fingerprint density at radius 1 is 1.39 bits per heavy atom. The molecule has 2 aromatic rings. The van der Waals surface area contributed by atoms with E-state index in [0.29, 0.717) is 5.92 Å². The van der Waals surface area contributed by atoms with Gasteiger partial charge in [0.25, 0.3) is 0 Å². The second-order valence-corrected chi connectivity index (χ2v) is 5.85. The molecule has 2 rings (SSSR count). The van der Waals surface area contributed by atoms with E-state index in [1.54, 1.807) is 0 Å². The zero-order valence-corrected chi connectivity index (χ0v) is 12.5. The topological polar surface area (TPSA) is 50.9 Å². The Morgan fingerprint density at radius 3 is 2.72 bits per heavy atom. The maximum Gasteiger partial charge on any atom is 0.0767 e. The fourth-order valence-electron chi connectivity index (χ4n) is 2.12. The van der Waals surface area contributed by atoms with Crippen LogP contribution in [0.2, 0.25) is 0 Å². The number of hydrogen-bond acceptors (Lipinski definition) is 3. The number of anilines is 1. The first kappa shape index (κ1) is 13.3. The second-order valence-electron chi connectivity index (χ2n) is 4.99. The SMILES string of the molecule is Cc1ccc(Br)c2c(NN)cc(CC(C)C)nc12. The molecular formula is C14H18BrN3. The molecule has 1 aromatic heterocycles. The highest BCUT2D eigenvalue weighted by Gasteiger charge is 2.11. The molecule has 0 saturated carbocycles. The van der Waals surface area contributed by atoms with Crippen molar-refractivity contribution in [1.29, 1.82) is 0 Å². The number of nitrogen functional groups attached to an aromatic ring is 1. The van der Waals surface area contributed by atoms with Crippen molar-refractivity contribution >= 4 is 32.5 Å². The minimum Gasteiger partial charge on any atom is -0.323 e. The van der Waals surface area contributed by atoms with Gasteiger partial charge in [-0.1, -0.05) is 35.8 Å². The standard InChI is InChI=1S/C14H18BrN3/c1-8(2)6-10-7-12(18-16)13-11(15)5-4-9(3)14(13)17-10/h4-5,7-8H,6,16H2,1-3H3,(H,17,18). The Morgan fingerprint density at radius 2 is 2.11 bits per heavy atom. The molecule has 0 aliphatic carbocycles. The number of halogens is 1. The summed E-state index contributed by atoms with van der Waals surface area (Å²) >= 11 is 3.56. The third-order valence-electron chi connectivity index (χ3n) is 2.94. The van der Waals surface area contributed by atoms with E-state index in [9.17, 15) is 0 Å². The fraction of sp³-hybridized carbons (Fsp3) is 0.357. The lowest BCUT2D eigenvalue weighted by Crippen LogP contribution is -2.09. The summed E-state index contributed by atoms with van der Waals surface area (Å²) in [5, 5.41) is 1.05. The van der Waals surface area contributed by atoms with Gasteiger partial charge in [-0.3, -0.25) is 10.8 Å². The fourth-order valence-corrected chi connectivity index (χ4v) is 2.66. The first-order valence-corrected chi connectivity index (χ1v) is 6.87. The number of hydrogen-bond donors (Lipinski definition) is 2. The molecular weight excluding hydrogens is 290 g/mol. The minimum atomic E-state index is 0.577. The largest absolute Gasteiger partial charge is 0.323 e. The summed E-state index contributed by atoms with van der Waals surface area (Å²) in [6.45, 7) is 6.45. The molecule has 0 aliphatic heterocycles. The number of benzene rings is 1. The normalized spacial score (nSPS) is 11.2. The number of nitrogens with one attached hydrogen (secondary N) is 1. The number of rotatable bonds is 3. The summed E-state index contributed by atoms with van der Waals surface area (Å²) < 4.78 is 1.01. The van der Waals surface area contributed by atoms with Crippen LogP contribution in [0.15, 0.2) is 22.7 Å². The quantitative estimate of drug-likeness (QED) is 0.670. The van der Waals surface area contributed by atoms with Gasteiger partial charge in [0.2, 0.25) is 0 Å². The van der Waals surface area contributed by atoms with Crippen molar-refractivity contribution < 1.29 is 0 Å².